The van der Waals surface area contributed by atoms with Crippen LogP contribution < -0.4 is 5.32 Å². The van der Waals surface area contributed by atoms with Crippen LogP contribution in [0.25, 0.3) is 17.0 Å². The van der Waals surface area contributed by atoms with Crippen LogP contribution in [0, 0.1) is 5.82 Å². The summed E-state index contributed by atoms with van der Waals surface area (Å²) >= 11 is 0. The smallest absolute Gasteiger partial charge is 0.331 e. The molecule has 1 heterocycles. The van der Waals surface area contributed by atoms with E-state index in [0.717, 1.165) is 10.9 Å². The average Bonchev–Trinajstić information content (AvgIpc) is 2.83. The van der Waals surface area contributed by atoms with E-state index in [1.807, 2.05) is 30.3 Å². The molecule has 0 aliphatic heterocycles. The minimum Gasteiger partial charge on any atom is -0.444 e. The maximum atomic E-state index is 13.1. The van der Waals surface area contributed by atoms with Gasteiger partial charge in [-0.3, -0.25) is 4.79 Å². The molecule has 1 N–H and O–H groups in total. The molecule has 0 spiro atoms. The van der Waals surface area contributed by atoms with Crippen LogP contribution in [0.15, 0.2) is 97.1 Å². The fraction of sp³-hybridized carbons (Fsp3) is 0.0385. The van der Waals surface area contributed by atoms with Gasteiger partial charge in [-0.25, -0.2) is 14.2 Å². The molecule has 3 aromatic carbocycles. The number of halogens is 1. The van der Waals surface area contributed by atoms with Crippen molar-refractivity contribution in [2.75, 3.05) is 5.32 Å². The lowest BCUT2D eigenvalue weighted by molar-refractivity contribution is -0.149. The number of benzene rings is 3. The lowest BCUT2D eigenvalue weighted by Gasteiger charge is -2.17. The summed E-state index contributed by atoms with van der Waals surface area (Å²) in [5.41, 5.74) is 2.30. The average molecular weight is 426 g/mol. The summed E-state index contributed by atoms with van der Waals surface area (Å²) in [4.78, 5) is 29.8. The second-order valence-corrected chi connectivity index (χ2v) is 6.99. The van der Waals surface area contributed by atoms with Crippen LogP contribution in [0.3, 0.4) is 0 Å². The number of pyridine rings is 1. The number of aromatic nitrogens is 1. The molecule has 1 aromatic heterocycles. The SMILES string of the molecule is O=C(/C=C/c1ccc2ccccc2n1)OC(C(=O)Nc1ccc(F)cc1)c1ccccc1. The zero-order valence-electron chi connectivity index (χ0n) is 16.9. The van der Waals surface area contributed by atoms with Gasteiger partial charge in [-0.05, 0) is 42.5 Å². The Morgan fingerprint density at radius 2 is 1.59 bits per heavy atom. The highest BCUT2D eigenvalue weighted by molar-refractivity contribution is 5.97. The second-order valence-electron chi connectivity index (χ2n) is 6.99. The molecule has 6 heteroatoms. The first-order valence-corrected chi connectivity index (χ1v) is 9.94. The third kappa shape index (κ3) is 5.23. The zero-order valence-corrected chi connectivity index (χ0v) is 16.9. The van der Waals surface area contributed by atoms with Crippen LogP contribution in [0.1, 0.15) is 17.4 Å². The Kier molecular flexibility index (Phi) is 6.32. The monoisotopic (exact) mass is 426 g/mol. The molecule has 4 aromatic rings. The van der Waals surface area contributed by atoms with Gasteiger partial charge in [0, 0.05) is 22.7 Å². The van der Waals surface area contributed by atoms with E-state index in [1.165, 1.54) is 36.4 Å². The van der Waals surface area contributed by atoms with E-state index >= 15 is 0 Å². The number of anilines is 1. The van der Waals surface area contributed by atoms with Gasteiger partial charge >= 0.3 is 5.97 Å². The maximum Gasteiger partial charge on any atom is 0.331 e. The van der Waals surface area contributed by atoms with Crippen molar-refractivity contribution in [2.24, 2.45) is 0 Å². The Hall–Kier alpha value is -4.32. The van der Waals surface area contributed by atoms with Gasteiger partial charge in [0.05, 0.1) is 11.2 Å². The maximum absolute atomic E-state index is 13.1. The van der Waals surface area contributed by atoms with Gasteiger partial charge in [0.1, 0.15) is 5.82 Å². The van der Waals surface area contributed by atoms with E-state index in [4.69, 9.17) is 4.74 Å². The summed E-state index contributed by atoms with van der Waals surface area (Å²) in [5, 5.41) is 3.64. The summed E-state index contributed by atoms with van der Waals surface area (Å²) in [7, 11) is 0. The molecule has 0 fully saturated rings. The van der Waals surface area contributed by atoms with Gasteiger partial charge in [0.2, 0.25) is 6.10 Å². The first-order valence-electron chi connectivity index (χ1n) is 9.94. The van der Waals surface area contributed by atoms with Crippen molar-refractivity contribution >= 4 is 34.5 Å². The van der Waals surface area contributed by atoms with Crippen molar-refractivity contribution in [3.63, 3.8) is 0 Å². The standard InChI is InChI=1S/C26H19FN2O3/c27-20-11-14-22(15-12-20)29-26(31)25(19-7-2-1-3-8-19)32-24(30)17-16-21-13-10-18-6-4-5-9-23(18)28-21/h1-17,25H,(H,29,31)/b17-16+. The van der Waals surface area contributed by atoms with Gasteiger partial charge in [-0.15, -0.1) is 0 Å². The van der Waals surface area contributed by atoms with Crippen molar-refractivity contribution in [2.45, 2.75) is 6.10 Å². The highest BCUT2D eigenvalue weighted by Gasteiger charge is 2.24. The fourth-order valence-electron chi connectivity index (χ4n) is 3.13. The minimum absolute atomic E-state index is 0.393. The van der Waals surface area contributed by atoms with Crippen molar-refractivity contribution < 1.29 is 18.7 Å². The molecule has 0 saturated carbocycles. The first-order chi connectivity index (χ1) is 15.6. The van der Waals surface area contributed by atoms with E-state index in [1.54, 1.807) is 36.4 Å². The molecular formula is C26H19FN2O3. The molecule has 5 nitrogen and oxygen atoms in total. The van der Waals surface area contributed by atoms with Crippen molar-refractivity contribution in [3.8, 4) is 0 Å². The molecule has 0 saturated heterocycles. The van der Waals surface area contributed by atoms with Crippen LogP contribution in [-0.2, 0) is 14.3 Å². The van der Waals surface area contributed by atoms with Crippen LogP contribution >= 0.6 is 0 Å². The molecule has 1 atom stereocenters. The number of nitrogens with one attached hydrogen (secondary N) is 1. The molecule has 0 aliphatic rings. The van der Waals surface area contributed by atoms with Crippen LogP contribution in [0.4, 0.5) is 10.1 Å². The minimum atomic E-state index is -1.18. The largest absolute Gasteiger partial charge is 0.444 e. The highest BCUT2D eigenvalue weighted by atomic mass is 19.1. The van der Waals surface area contributed by atoms with E-state index in [2.05, 4.69) is 10.3 Å². The number of carbonyl (C=O) groups excluding carboxylic acids is 2. The van der Waals surface area contributed by atoms with Gasteiger partial charge < -0.3 is 10.1 Å². The summed E-state index contributed by atoms with van der Waals surface area (Å²) in [6.07, 6.45) is 1.59. The van der Waals surface area contributed by atoms with Crippen molar-refractivity contribution in [1.29, 1.82) is 0 Å². The molecule has 1 amide bonds. The molecule has 32 heavy (non-hydrogen) atoms. The molecule has 0 bridgehead atoms. The number of fused-ring (bicyclic) bond motifs is 1. The van der Waals surface area contributed by atoms with Gasteiger partial charge in [-0.2, -0.15) is 0 Å². The Morgan fingerprint density at radius 1 is 0.875 bits per heavy atom. The lowest BCUT2D eigenvalue weighted by atomic mass is 10.1. The van der Waals surface area contributed by atoms with Gasteiger partial charge in [0.15, 0.2) is 0 Å². The van der Waals surface area contributed by atoms with Crippen LogP contribution in [0.2, 0.25) is 0 Å². The molecular weight excluding hydrogens is 407 g/mol. The summed E-state index contributed by atoms with van der Waals surface area (Å²) in [5.74, 6) is -1.65. The topological polar surface area (TPSA) is 68.3 Å². The molecule has 1 unspecified atom stereocenters. The lowest BCUT2D eigenvalue weighted by Crippen LogP contribution is -2.25. The Bertz CT molecular complexity index is 1270. The predicted octanol–water partition coefficient (Wildman–Crippen LogP) is 5.31. The van der Waals surface area contributed by atoms with Crippen molar-refractivity contribution in [1.82, 2.24) is 4.98 Å². The Morgan fingerprint density at radius 3 is 2.38 bits per heavy atom. The number of hydrogen-bond donors (Lipinski definition) is 1. The molecule has 4 rings (SSSR count). The highest BCUT2D eigenvalue weighted by Crippen LogP contribution is 2.21. The number of carbonyl (C=O) groups is 2. The number of rotatable bonds is 6. The quantitative estimate of drug-likeness (QED) is 0.335. The van der Waals surface area contributed by atoms with E-state index < -0.39 is 23.8 Å². The second kappa shape index (κ2) is 9.66. The van der Waals surface area contributed by atoms with Gasteiger partial charge in [-0.1, -0.05) is 54.6 Å². The Balaban J connectivity index is 1.50. The van der Waals surface area contributed by atoms with E-state index in [9.17, 15) is 14.0 Å². The third-order valence-electron chi connectivity index (χ3n) is 4.70. The van der Waals surface area contributed by atoms with Crippen LogP contribution in [-0.4, -0.2) is 16.9 Å². The number of esters is 1. The van der Waals surface area contributed by atoms with E-state index in [-0.39, 0.29) is 0 Å². The Labute approximate surface area is 184 Å². The predicted molar refractivity (Wildman–Crippen MR) is 121 cm³/mol. The summed E-state index contributed by atoms with van der Waals surface area (Å²) in [6.45, 7) is 0. The number of hydrogen-bond acceptors (Lipinski definition) is 4. The molecule has 158 valence electrons. The zero-order chi connectivity index (χ0) is 22.3. The van der Waals surface area contributed by atoms with Gasteiger partial charge in [0.25, 0.3) is 5.91 Å². The number of amides is 1. The van der Waals surface area contributed by atoms with Crippen molar-refractivity contribution in [3.05, 3.63) is 114 Å². The number of nitrogens with zero attached hydrogens (tertiary/aromatic N) is 1. The summed E-state index contributed by atoms with van der Waals surface area (Å²) in [6, 6.07) is 25.4. The first kappa shape index (κ1) is 20.9. The molecule has 0 aliphatic carbocycles. The number of ether oxygens (including phenoxy) is 1. The normalized spacial score (nSPS) is 11.9. The van der Waals surface area contributed by atoms with E-state index in [0.29, 0.717) is 16.9 Å². The summed E-state index contributed by atoms with van der Waals surface area (Å²) < 4.78 is 18.6. The fourth-order valence-corrected chi connectivity index (χ4v) is 3.13. The van der Waals surface area contributed by atoms with Crippen LogP contribution in [0.5, 0.6) is 0 Å². The molecule has 0 radical (unpaired) electrons. The number of para-hydroxylation sites is 1. The third-order valence-corrected chi connectivity index (χ3v) is 4.70.